The Morgan fingerprint density at radius 1 is 1.08 bits per heavy atom. The maximum Gasteiger partial charge on any atom is 0.246 e. The zero-order valence-corrected chi connectivity index (χ0v) is 22.0. The van der Waals surface area contributed by atoms with Gasteiger partial charge in [0.05, 0.1) is 12.7 Å². The first-order valence-corrected chi connectivity index (χ1v) is 13.4. The van der Waals surface area contributed by atoms with Gasteiger partial charge in [-0.05, 0) is 51.5 Å². The number of fused-ring (bicyclic) bond motifs is 1. The molecule has 0 aromatic heterocycles. The molecule has 0 saturated carbocycles. The largest absolute Gasteiger partial charge is 0.390 e. The normalized spacial score (nSPS) is 28.6. The number of nitrogens with zero attached hydrogens (tertiary/aromatic N) is 1. The third-order valence-electron chi connectivity index (χ3n) is 7.32. The fourth-order valence-electron chi connectivity index (χ4n) is 4.92. The van der Waals surface area contributed by atoms with Gasteiger partial charge in [-0.25, -0.2) is 0 Å². The number of epoxide rings is 1. The van der Waals surface area contributed by atoms with Crippen LogP contribution in [0.15, 0.2) is 42.5 Å². The number of hydrogen-bond donors (Lipinski definition) is 4. The monoisotopic (exact) mass is 526 g/mol. The Labute approximate surface area is 223 Å². The van der Waals surface area contributed by atoms with Crippen LogP contribution in [0.1, 0.15) is 51.5 Å². The van der Waals surface area contributed by atoms with Crippen molar-refractivity contribution in [3.63, 3.8) is 0 Å². The second-order valence-corrected chi connectivity index (χ2v) is 10.8. The van der Waals surface area contributed by atoms with E-state index in [1.807, 2.05) is 36.4 Å². The van der Waals surface area contributed by atoms with Crippen LogP contribution in [0.4, 0.5) is 0 Å². The maximum atomic E-state index is 13.6. The van der Waals surface area contributed by atoms with Gasteiger partial charge in [0.2, 0.25) is 23.6 Å². The Hall–Kier alpha value is -3.24. The molecule has 0 spiro atoms. The zero-order valence-electron chi connectivity index (χ0n) is 22.0. The molecule has 5 atom stereocenters. The van der Waals surface area contributed by atoms with E-state index in [9.17, 15) is 24.3 Å². The van der Waals surface area contributed by atoms with E-state index in [1.54, 1.807) is 19.9 Å². The minimum absolute atomic E-state index is 0.0856. The average Bonchev–Trinajstić information content (AvgIpc) is 3.62. The predicted molar refractivity (Wildman–Crippen MR) is 140 cm³/mol. The molecule has 3 aliphatic rings. The van der Waals surface area contributed by atoms with Crippen LogP contribution in [-0.2, 0) is 30.3 Å². The molecule has 38 heavy (non-hydrogen) atoms. The number of ether oxygens (including phenoxy) is 1. The fraction of sp³-hybridized carbons (Fsp3) is 0.571. The summed E-state index contributed by atoms with van der Waals surface area (Å²) in [6.07, 6.45) is 5.82. The van der Waals surface area contributed by atoms with Crippen LogP contribution in [0.2, 0.25) is 0 Å². The average molecular weight is 527 g/mol. The first-order valence-electron chi connectivity index (χ1n) is 13.4. The molecule has 0 bridgehead atoms. The number of carbonyl (C=O) groups is 4. The molecule has 1 aromatic carbocycles. The lowest BCUT2D eigenvalue weighted by Gasteiger charge is -2.34. The Balaban J connectivity index is 1.51. The van der Waals surface area contributed by atoms with Crippen LogP contribution in [0.3, 0.4) is 0 Å². The number of benzene rings is 1. The highest BCUT2D eigenvalue weighted by Crippen LogP contribution is 2.22. The van der Waals surface area contributed by atoms with Gasteiger partial charge in [0.1, 0.15) is 29.8 Å². The summed E-state index contributed by atoms with van der Waals surface area (Å²) in [6, 6.07) is 6.88. The van der Waals surface area contributed by atoms with Crippen molar-refractivity contribution in [2.45, 2.75) is 88.2 Å². The third kappa shape index (κ3) is 6.99. The molecule has 4 rings (SSSR count). The molecule has 0 aliphatic carbocycles. The van der Waals surface area contributed by atoms with Crippen molar-refractivity contribution in [3.05, 3.63) is 48.0 Å². The van der Waals surface area contributed by atoms with Gasteiger partial charge < -0.3 is 30.7 Å². The van der Waals surface area contributed by atoms with E-state index < -0.39 is 41.6 Å². The summed E-state index contributed by atoms with van der Waals surface area (Å²) >= 11 is 0. The van der Waals surface area contributed by atoms with Crippen LogP contribution in [0, 0.1) is 0 Å². The van der Waals surface area contributed by atoms with Gasteiger partial charge in [-0.3, -0.25) is 19.2 Å². The zero-order chi connectivity index (χ0) is 27.3. The van der Waals surface area contributed by atoms with E-state index in [0.29, 0.717) is 38.8 Å². The second kappa shape index (κ2) is 12.1. The molecule has 3 fully saturated rings. The molecular weight excluding hydrogens is 488 g/mol. The Morgan fingerprint density at radius 2 is 1.82 bits per heavy atom. The quantitative estimate of drug-likeness (QED) is 0.289. The van der Waals surface area contributed by atoms with Crippen molar-refractivity contribution >= 4 is 23.6 Å². The molecule has 3 heterocycles. The molecule has 0 radical (unpaired) electrons. The van der Waals surface area contributed by atoms with E-state index in [0.717, 1.165) is 5.56 Å². The van der Waals surface area contributed by atoms with Crippen molar-refractivity contribution in [2.75, 3.05) is 13.2 Å². The molecular formula is C28H38N4O6. The number of allylic oxidation sites excluding steroid dienone is 1. The second-order valence-electron chi connectivity index (χ2n) is 10.8. The number of aliphatic hydroxyl groups excluding tert-OH is 1. The van der Waals surface area contributed by atoms with Crippen LogP contribution in [0.25, 0.3) is 0 Å². The van der Waals surface area contributed by atoms with Gasteiger partial charge in [0, 0.05) is 13.0 Å². The van der Waals surface area contributed by atoms with Gasteiger partial charge in [0.25, 0.3) is 0 Å². The first-order chi connectivity index (χ1) is 18.2. The van der Waals surface area contributed by atoms with E-state index >= 15 is 0 Å². The maximum absolute atomic E-state index is 13.6. The summed E-state index contributed by atoms with van der Waals surface area (Å²) in [6.45, 7) is 4.14. The lowest BCUT2D eigenvalue weighted by molar-refractivity contribution is -0.144. The van der Waals surface area contributed by atoms with E-state index in [4.69, 9.17) is 4.74 Å². The van der Waals surface area contributed by atoms with E-state index in [1.165, 1.54) is 4.90 Å². The summed E-state index contributed by atoms with van der Waals surface area (Å²) in [7, 11) is 0. The minimum atomic E-state index is -1.32. The summed E-state index contributed by atoms with van der Waals surface area (Å²) in [5.41, 5.74) is -0.443. The highest BCUT2D eigenvalue weighted by molar-refractivity contribution is 5.99. The highest BCUT2D eigenvalue weighted by Gasteiger charge is 2.42. The van der Waals surface area contributed by atoms with Crippen molar-refractivity contribution < 1.29 is 29.0 Å². The Bertz CT molecular complexity index is 1050. The summed E-state index contributed by atoms with van der Waals surface area (Å²) in [4.78, 5) is 55.1. The van der Waals surface area contributed by atoms with E-state index in [2.05, 4.69) is 16.0 Å². The van der Waals surface area contributed by atoms with Crippen LogP contribution in [0.5, 0.6) is 0 Å². The molecule has 0 unspecified atom stereocenters. The van der Waals surface area contributed by atoms with Crippen molar-refractivity contribution in [1.82, 2.24) is 20.9 Å². The van der Waals surface area contributed by atoms with Gasteiger partial charge in [0.15, 0.2) is 0 Å². The van der Waals surface area contributed by atoms with Crippen LogP contribution in [-0.4, -0.2) is 82.7 Å². The van der Waals surface area contributed by atoms with Gasteiger partial charge in [-0.2, -0.15) is 0 Å². The fourth-order valence-corrected chi connectivity index (χ4v) is 4.92. The number of rotatable bonds is 8. The predicted octanol–water partition coefficient (Wildman–Crippen LogP) is 0.584. The standard InChI is InChI=1S/C28H38N4O6/c1-28(2)27(37)30-20(16-18-10-5-3-6-11-18)26(36)32-15-9-13-21(32)25(35)29-19(24(34)31-28)12-7-4-8-14-22(33)23-17-38-23/h3-7,10-11,19-23,33H,8-9,12-17H2,1-2H3,(H,29,35)(H,30,37)(H,31,34)/b7-4+/t19-,20-,21+,22+,23-/m0/s1. The molecule has 1 aromatic rings. The van der Waals surface area contributed by atoms with Crippen molar-refractivity contribution in [2.24, 2.45) is 0 Å². The molecule has 4 amide bonds. The number of aliphatic hydroxyl groups is 1. The summed E-state index contributed by atoms with van der Waals surface area (Å²) in [5.74, 6) is -1.65. The molecule has 10 nitrogen and oxygen atoms in total. The van der Waals surface area contributed by atoms with Crippen molar-refractivity contribution in [3.8, 4) is 0 Å². The lowest BCUT2D eigenvalue weighted by atomic mass is 9.98. The number of hydrogen-bond acceptors (Lipinski definition) is 6. The third-order valence-corrected chi connectivity index (χ3v) is 7.32. The highest BCUT2D eigenvalue weighted by atomic mass is 16.6. The minimum Gasteiger partial charge on any atom is -0.390 e. The van der Waals surface area contributed by atoms with Gasteiger partial charge in [-0.15, -0.1) is 0 Å². The van der Waals surface area contributed by atoms with Gasteiger partial charge in [-0.1, -0.05) is 42.5 Å². The van der Waals surface area contributed by atoms with Crippen LogP contribution < -0.4 is 16.0 Å². The van der Waals surface area contributed by atoms with E-state index in [-0.39, 0.29) is 30.8 Å². The molecule has 4 N–H and O–H groups in total. The first kappa shape index (κ1) is 27.8. The summed E-state index contributed by atoms with van der Waals surface area (Å²) in [5, 5.41) is 18.4. The lowest BCUT2D eigenvalue weighted by Crippen LogP contribution is -2.64. The Kier molecular flexibility index (Phi) is 8.83. The molecule has 3 aliphatic heterocycles. The molecule has 3 saturated heterocycles. The Morgan fingerprint density at radius 3 is 2.53 bits per heavy atom. The SMILES string of the molecule is CC1(C)NC(=O)[C@H](C/C=C/CC[C@@H](O)[C@@H]2CO2)NC(=O)[C@H]2CCCN2C(=O)[C@H](Cc2ccccc2)NC1=O. The number of nitrogens with one attached hydrogen (secondary N) is 3. The van der Waals surface area contributed by atoms with Crippen molar-refractivity contribution in [1.29, 1.82) is 0 Å². The molecule has 206 valence electrons. The molecule has 10 heteroatoms. The topological polar surface area (TPSA) is 140 Å². The van der Waals surface area contributed by atoms with Gasteiger partial charge >= 0.3 is 0 Å². The number of amides is 4. The van der Waals surface area contributed by atoms with Crippen LogP contribution >= 0.6 is 0 Å². The summed E-state index contributed by atoms with van der Waals surface area (Å²) < 4.78 is 5.09. The number of carbonyl (C=O) groups excluding carboxylic acids is 4. The smallest absolute Gasteiger partial charge is 0.246 e.